The average molecular weight is 882 g/mol. The minimum atomic E-state index is -1.46. The van der Waals surface area contributed by atoms with Crippen LogP contribution in [0.4, 0.5) is 0 Å². The third-order valence-electron chi connectivity index (χ3n) is 10.2. The van der Waals surface area contributed by atoms with Gasteiger partial charge in [-0.15, -0.1) is 11.6 Å². The van der Waals surface area contributed by atoms with E-state index in [2.05, 4.69) is 10.6 Å². The van der Waals surface area contributed by atoms with Crippen molar-refractivity contribution in [2.75, 3.05) is 52.2 Å². The van der Waals surface area contributed by atoms with Crippen molar-refractivity contribution in [3.8, 4) is 23.0 Å². The number of alkyl halides is 1. The van der Waals surface area contributed by atoms with Gasteiger partial charge in [0.1, 0.15) is 29.8 Å². The molecule has 0 saturated carbocycles. The summed E-state index contributed by atoms with van der Waals surface area (Å²) < 4.78 is 35.2. The minimum Gasteiger partial charge on any atom is -0.456 e. The molecular weight excluding hydrogens is 816 g/mol. The number of carbonyl (C=O) groups excluding carboxylic acids is 4. The molecule has 0 unspecified atom stereocenters. The Labute approximate surface area is 371 Å². The zero-order chi connectivity index (χ0) is 45.3. The Bertz CT molecular complexity index is 1890. The number of aryl methyl sites for hydroxylation is 1. The number of aliphatic hydroxyl groups excluding tert-OH is 1. The van der Waals surface area contributed by atoms with E-state index in [0.717, 1.165) is 38.7 Å². The van der Waals surface area contributed by atoms with Crippen LogP contribution in [0.3, 0.4) is 0 Å². The predicted octanol–water partition coefficient (Wildman–Crippen LogP) is 8.50. The van der Waals surface area contributed by atoms with Gasteiger partial charge in [0.2, 0.25) is 5.91 Å². The van der Waals surface area contributed by atoms with Crippen LogP contribution in [0, 0.1) is 17.8 Å². The van der Waals surface area contributed by atoms with Crippen LogP contribution in [0.5, 0.6) is 23.0 Å². The third-order valence-corrected chi connectivity index (χ3v) is 10.4. The van der Waals surface area contributed by atoms with E-state index in [4.69, 9.17) is 40.0 Å². The third kappa shape index (κ3) is 14.2. The number of ether oxygens (including phenoxy) is 6. The van der Waals surface area contributed by atoms with Gasteiger partial charge in [-0.1, -0.05) is 25.3 Å². The number of aliphatic hydroxyl groups is 1. The number of hydrogen-bond donors (Lipinski definition) is 3. The van der Waals surface area contributed by atoms with Crippen LogP contribution in [0.2, 0.25) is 0 Å². The van der Waals surface area contributed by atoms with Crippen LogP contribution in [0.1, 0.15) is 126 Å². The summed E-state index contributed by atoms with van der Waals surface area (Å²) >= 11 is 5.69. The highest BCUT2D eigenvalue weighted by atomic mass is 35.5. The van der Waals surface area contributed by atoms with E-state index in [1.807, 2.05) is 6.92 Å². The fourth-order valence-electron chi connectivity index (χ4n) is 6.70. The Morgan fingerprint density at radius 3 is 1.79 bits per heavy atom. The van der Waals surface area contributed by atoms with Crippen molar-refractivity contribution < 1.29 is 52.7 Å². The Hall–Kier alpha value is -4.53. The highest BCUT2D eigenvalue weighted by molar-refractivity contribution is 6.17. The van der Waals surface area contributed by atoms with Crippen molar-refractivity contribution in [2.24, 2.45) is 10.8 Å². The molecule has 14 heteroatoms. The van der Waals surface area contributed by atoms with E-state index in [1.54, 1.807) is 96.1 Å². The first-order chi connectivity index (χ1) is 29.5. The van der Waals surface area contributed by atoms with Crippen molar-refractivity contribution >= 4 is 35.4 Å². The molecule has 0 radical (unpaired) electrons. The van der Waals surface area contributed by atoms with Crippen LogP contribution < -0.4 is 24.8 Å². The molecule has 1 heterocycles. The van der Waals surface area contributed by atoms with Gasteiger partial charge in [0.15, 0.2) is 5.60 Å². The first-order valence-corrected chi connectivity index (χ1v) is 22.1. The van der Waals surface area contributed by atoms with Gasteiger partial charge in [-0.2, -0.15) is 0 Å². The molecule has 4 rings (SSSR count). The molecule has 3 aromatic rings. The molecule has 62 heavy (non-hydrogen) atoms. The smallest absolute Gasteiger partial charge is 0.316 e. The van der Waals surface area contributed by atoms with Crippen LogP contribution in [-0.2, 0) is 34.2 Å². The number of carbonyl (C=O) groups is 4. The lowest BCUT2D eigenvalue weighted by Gasteiger charge is -2.41. The summed E-state index contributed by atoms with van der Waals surface area (Å²) in [5.41, 5.74) is -0.238. The standard InChI is InChI=1S/C48H65ClN2O11/c1-33-29-34(43(54)51-23-13-10-11-15-42(53)50-24-26-58-28-27-57-25-14-9-8-12-22-49)16-19-37(33)48(59-32-52)38-20-17-35(60-44(55)46(2,3)4)30-40(38)62-41-31-36(18-21-39(41)48)61-45(56)47(5,6)7/h16-21,29-31,52H,8-15,22-28,32H2,1-7H3,(H,50,53)(H,51,54). The van der Waals surface area contributed by atoms with E-state index in [-0.39, 0.29) is 34.8 Å². The maximum Gasteiger partial charge on any atom is 0.316 e. The quantitative estimate of drug-likeness (QED) is 0.0260. The maximum absolute atomic E-state index is 13.3. The van der Waals surface area contributed by atoms with Crippen molar-refractivity contribution in [1.82, 2.24) is 10.6 Å². The molecule has 0 spiro atoms. The summed E-state index contributed by atoms with van der Waals surface area (Å²) in [5, 5.41) is 16.3. The fraction of sp³-hybridized carbons (Fsp3) is 0.542. The van der Waals surface area contributed by atoms with Gasteiger partial charge in [-0.05, 0) is 122 Å². The summed E-state index contributed by atoms with van der Waals surface area (Å²) in [6.07, 6.45) is 6.85. The largest absolute Gasteiger partial charge is 0.456 e. The fourth-order valence-corrected chi connectivity index (χ4v) is 6.89. The van der Waals surface area contributed by atoms with Crippen LogP contribution in [0.25, 0.3) is 0 Å². The highest BCUT2D eigenvalue weighted by Gasteiger charge is 2.47. The average Bonchev–Trinajstić information content (AvgIpc) is 3.21. The molecule has 3 N–H and O–H groups in total. The van der Waals surface area contributed by atoms with Gasteiger partial charge in [0.25, 0.3) is 5.91 Å². The molecule has 1 aliphatic rings. The second-order valence-corrected chi connectivity index (χ2v) is 17.8. The Balaban J connectivity index is 1.38. The molecule has 340 valence electrons. The van der Waals surface area contributed by atoms with E-state index in [9.17, 15) is 24.3 Å². The van der Waals surface area contributed by atoms with E-state index in [1.165, 1.54) is 0 Å². The highest BCUT2D eigenvalue weighted by Crippen LogP contribution is 2.54. The molecule has 1 aliphatic heterocycles. The first kappa shape index (κ1) is 50.1. The number of fused-ring (bicyclic) bond motifs is 2. The zero-order valence-electron chi connectivity index (χ0n) is 37.4. The molecule has 3 aromatic carbocycles. The molecular formula is C48H65ClN2O11. The van der Waals surface area contributed by atoms with Gasteiger partial charge >= 0.3 is 11.9 Å². The van der Waals surface area contributed by atoms with Gasteiger partial charge in [-0.25, -0.2) is 0 Å². The van der Waals surface area contributed by atoms with E-state index >= 15 is 0 Å². The molecule has 2 amide bonds. The number of amides is 2. The predicted molar refractivity (Wildman–Crippen MR) is 237 cm³/mol. The van der Waals surface area contributed by atoms with E-state index in [0.29, 0.717) is 85.9 Å². The maximum atomic E-state index is 13.3. The summed E-state index contributed by atoms with van der Waals surface area (Å²) in [6.45, 7) is 14.7. The lowest BCUT2D eigenvalue weighted by Crippen LogP contribution is -2.37. The molecule has 0 atom stereocenters. The number of unbranched alkanes of at least 4 members (excludes halogenated alkanes) is 5. The number of esters is 2. The van der Waals surface area contributed by atoms with Crippen molar-refractivity contribution in [3.05, 3.63) is 82.4 Å². The Morgan fingerprint density at radius 1 is 0.661 bits per heavy atom. The Kier molecular flexibility index (Phi) is 19.2. The second-order valence-electron chi connectivity index (χ2n) is 17.4. The topological polar surface area (TPSA) is 168 Å². The molecule has 13 nitrogen and oxygen atoms in total. The molecule has 0 fully saturated rings. The normalized spacial score (nSPS) is 13.0. The van der Waals surface area contributed by atoms with Gasteiger partial charge in [0, 0.05) is 60.8 Å². The van der Waals surface area contributed by atoms with Crippen molar-refractivity contribution in [3.63, 3.8) is 0 Å². The molecule has 0 bridgehead atoms. The summed E-state index contributed by atoms with van der Waals surface area (Å²) in [4.78, 5) is 51.2. The molecule has 0 aromatic heterocycles. The molecule has 0 aliphatic carbocycles. The first-order valence-electron chi connectivity index (χ1n) is 21.5. The van der Waals surface area contributed by atoms with Gasteiger partial charge in [-0.3, -0.25) is 19.2 Å². The monoisotopic (exact) mass is 880 g/mol. The summed E-state index contributed by atoms with van der Waals surface area (Å²) in [5.74, 6) is 0.590. The van der Waals surface area contributed by atoms with Gasteiger partial charge < -0.3 is 44.2 Å². The second kappa shape index (κ2) is 23.8. The molecule has 0 saturated heterocycles. The van der Waals surface area contributed by atoms with Crippen molar-refractivity contribution in [2.45, 2.75) is 105 Å². The Morgan fingerprint density at radius 2 is 1.23 bits per heavy atom. The summed E-state index contributed by atoms with van der Waals surface area (Å²) in [7, 11) is 0. The van der Waals surface area contributed by atoms with Crippen LogP contribution >= 0.6 is 11.6 Å². The lowest BCUT2D eigenvalue weighted by atomic mass is 9.76. The number of rotatable bonds is 24. The summed E-state index contributed by atoms with van der Waals surface area (Å²) in [6, 6.07) is 15.1. The number of halogens is 1. The zero-order valence-corrected chi connectivity index (χ0v) is 38.2. The van der Waals surface area contributed by atoms with Crippen LogP contribution in [0.15, 0.2) is 54.6 Å². The van der Waals surface area contributed by atoms with E-state index < -0.39 is 35.2 Å². The van der Waals surface area contributed by atoms with Crippen molar-refractivity contribution in [1.29, 1.82) is 0 Å². The SMILES string of the molecule is Cc1cc(C(=O)NCCCCCC(=O)NCCOCCOCCCCCCCl)ccc1C1(OCO)c2ccc(OC(=O)C(C)(C)C)cc2Oc2cc(OC(=O)C(C)(C)C)ccc21. The number of nitrogens with one attached hydrogen (secondary N) is 2. The van der Waals surface area contributed by atoms with Gasteiger partial charge in [0.05, 0.1) is 30.7 Å². The number of benzene rings is 3. The number of hydrogen-bond acceptors (Lipinski definition) is 11. The van der Waals surface area contributed by atoms with Crippen LogP contribution in [-0.4, -0.2) is 81.0 Å². The lowest BCUT2D eigenvalue weighted by molar-refractivity contribution is -0.143. The minimum absolute atomic E-state index is 0.0343.